The number of rotatable bonds is 0. The number of fused-ring (bicyclic) bond motifs is 3. The lowest BCUT2D eigenvalue weighted by atomic mass is 9.40. The minimum Gasteiger partial charge on any atom is -0.0596 e. The van der Waals surface area contributed by atoms with Crippen molar-refractivity contribution in [1.29, 1.82) is 0 Å². The fourth-order valence-corrected chi connectivity index (χ4v) is 7.76. The molecule has 20 heavy (non-hydrogen) atoms. The second-order valence-electron chi connectivity index (χ2n) is 10.1. The molecule has 4 rings (SSSR count). The van der Waals surface area contributed by atoms with E-state index in [0.717, 1.165) is 11.8 Å². The van der Waals surface area contributed by atoms with Crippen LogP contribution in [0, 0.1) is 39.9 Å². The minimum absolute atomic E-state index is 0.595. The molecule has 0 aromatic rings. The summed E-state index contributed by atoms with van der Waals surface area (Å²) in [5.41, 5.74) is 2.56. The molecule has 5 atom stereocenters. The molecule has 2 bridgehead atoms. The lowest BCUT2D eigenvalue weighted by Gasteiger charge is -2.63. The molecule has 0 nitrogen and oxygen atoms in total. The van der Waals surface area contributed by atoms with Crippen LogP contribution >= 0.6 is 0 Å². The Morgan fingerprint density at radius 3 is 2.40 bits per heavy atom. The van der Waals surface area contributed by atoms with Gasteiger partial charge in [-0.05, 0) is 68.1 Å². The van der Waals surface area contributed by atoms with Gasteiger partial charge in [-0.25, -0.2) is 0 Å². The van der Waals surface area contributed by atoms with Crippen molar-refractivity contribution in [3.8, 4) is 0 Å². The number of hydrogen-bond acceptors (Lipinski definition) is 0. The first-order chi connectivity index (χ1) is 9.30. The Kier molecular flexibility index (Phi) is 2.56. The molecule has 0 unspecified atom stereocenters. The lowest BCUT2D eigenvalue weighted by Crippen LogP contribution is -2.56. The van der Waals surface area contributed by atoms with Gasteiger partial charge in [0.15, 0.2) is 0 Å². The molecule has 4 saturated carbocycles. The fourth-order valence-electron chi connectivity index (χ4n) is 7.76. The van der Waals surface area contributed by atoms with Gasteiger partial charge in [-0.2, -0.15) is 0 Å². The monoisotopic (exact) mass is 273 g/mol. The molecule has 112 valence electrons. The van der Waals surface area contributed by atoms with Gasteiger partial charge >= 0.3 is 0 Å². The van der Waals surface area contributed by atoms with E-state index in [9.17, 15) is 0 Å². The molecule has 0 saturated heterocycles. The maximum atomic E-state index is 2.73. The van der Waals surface area contributed by atoms with E-state index < -0.39 is 0 Å². The molecule has 0 radical (unpaired) electrons. The summed E-state index contributed by atoms with van der Waals surface area (Å²) in [6.45, 7) is 10.4. The van der Waals surface area contributed by atoms with E-state index in [1.54, 1.807) is 0 Å². The molecule has 4 aliphatic rings. The third-order valence-electron chi connectivity index (χ3n) is 8.50. The van der Waals surface area contributed by atoms with Crippen LogP contribution in [0.5, 0.6) is 0 Å². The summed E-state index contributed by atoms with van der Waals surface area (Å²) >= 11 is 0. The fraction of sp³-hybridized carbons (Fsp3) is 0.950. The van der Waals surface area contributed by atoms with Gasteiger partial charge in [-0.3, -0.25) is 0 Å². The summed E-state index contributed by atoms with van der Waals surface area (Å²) in [7, 11) is 0. The predicted octanol–water partition coefficient (Wildman–Crippen LogP) is 6.01. The van der Waals surface area contributed by atoms with Gasteiger partial charge in [-0.15, -0.1) is 0 Å². The van der Waals surface area contributed by atoms with Crippen LogP contribution in [-0.2, 0) is 0 Å². The molecule has 0 aromatic heterocycles. The van der Waals surface area contributed by atoms with E-state index in [0.29, 0.717) is 21.7 Å². The highest BCUT2D eigenvalue weighted by atomic mass is 14.7. The van der Waals surface area contributed by atoms with Crippen LogP contribution in [-0.4, -0.2) is 0 Å². The first-order valence-corrected chi connectivity index (χ1v) is 9.14. The van der Waals surface area contributed by atoms with Gasteiger partial charge in [0.25, 0.3) is 0 Å². The van der Waals surface area contributed by atoms with Crippen LogP contribution in [0.15, 0.2) is 0 Å². The van der Waals surface area contributed by atoms with Crippen LogP contribution < -0.4 is 0 Å². The molecule has 0 aliphatic heterocycles. The highest BCUT2D eigenvalue weighted by Crippen LogP contribution is 2.73. The molecular formula is C20H33+. The average Bonchev–Trinajstić information content (AvgIpc) is 2.58. The van der Waals surface area contributed by atoms with Crippen LogP contribution in [0.1, 0.15) is 85.5 Å². The zero-order valence-corrected chi connectivity index (χ0v) is 14.1. The molecule has 4 fully saturated rings. The average molecular weight is 273 g/mol. The molecule has 0 N–H and O–H groups in total. The summed E-state index contributed by atoms with van der Waals surface area (Å²) in [5.74, 6) is 2.02. The summed E-state index contributed by atoms with van der Waals surface area (Å²) in [5, 5.41) is 0. The van der Waals surface area contributed by atoms with Crippen molar-refractivity contribution in [1.82, 2.24) is 0 Å². The molecule has 1 spiro atoms. The van der Waals surface area contributed by atoms with Crippen molar-refractivity contribution >= 4 is 0 Å². The second kappa shape index (κ2) is 3.79. The predicted molar refractivity (Wildman–Crippen MR) is 85.3 cm³/mol. The summed E-state index contributed by atoms with van der Waals surface area (Å²) in [6, 6.07) is 0. The molecule has 0 heterocycles. The third kappa shape index (κ3) is 1.57. The van der Waals surface area contributed by atoms with E-state index in [1.807, 2.05) is 0 Å². The van der Waals surface area contributed by atoms with Gasteiger partial charge in [-0.1, -0.05) is 27.2 Å². The van der Waals surface area contributed by atoms with Crippen LogP contribution in [0.3, 0.4) is 0 Å². The van der Waals surface area contributed by atoms with Crippen LogP contribution in [0.4, 0.5) is 0 Å². The molecular weight excluding hydrogens is 240 g/mol. The van der Waals surface area contributed by atoms with Crippen LogP contribution in [0.25, 0.3) is 0 Å². The lowest BCUT2D eigenvalue weighted by molar-refractivity contribution is -0.149. The Morgan fingerprint density at radius 2 is 1.60 bits per heavy atom. The largest absolute Gasteiger partial charge is 0.106 e. The maximum Gasteiger partial charge on any atom is 0.106 e. The van der Waals surface area contributed by atoms with Crippen molar-refractivity contribution < 1.29 is 0 Å². The first kappa shape index (κ1) is 13.5. The van der Waals surface area contributed by atoms with E-state index in [4.69, 9.17) is 0 Å². The van der Waals surface area contributed by atoms with Gasteiger partial charge in [0.05, 0.1) is 12.8 Å². The molecule has 4 aliphatic carbocycles. The Morgan fingerprint density at radius 1 is 0.850 bits per heavy atom. The third-order valence-corrected chi connectivity index (χ3v) is 8.50. The van der Waals surface area contributed by atoms with Gasteiger partial charge < -0.3 is 0 Å². The standard InChI is InChI=1S/C20H33/c1-17(2)8-5-9-19(4)15(17)7-11-20-13-12-18(3,14-20)10-6-16(19)20/h12,15-16H,5-11,13-14H2,1-4H3/q+1/t15-,16+,18+,19-,20+/m1/s1. The minimum atomic E-state index is 0.595. The quantitative estimate of drug-likeness (QED) is 0.474. The highest BCUT2D eigenvalue weighted by Gasteiger charge is 2.67. The van der Waals surface area contributed by atoms with E-state index in [1.165, 1.54) is 57.8 Å². The van der Waals surface area contributed by atoms with Crippen molar-refractivity contribution in [2.75, 3.05) is 0 Å². The molecule has 0 heteroatoms. The summed E-state index contributed by atoms with van der Waals surface area (Å²) < 4.78 is 0. The van der Waals surface area contributed by atoms with Crippen molar-refractivity contribution in [3.05, 3.63) is 6.42 Å². The van der Waals surface area contributed by atoms with Gasteiger partial charge in [0.1, 0.15) is 5.41 Å². The zero-order chi connectivity index (χ0) is 14.2. The van der Waals surface area contributed by atoms with Crippen LogP contribution in [0.2, 0.25) is 0 Å². The Hall–Kier alpha value is -0.130. The number of hydrogen-bond donors (Lipinski definition) is 0. The first-order valence-electron chi connectivity index (χ1n) is 9.14. The second-order valence-corrected chi connectivity index (χ2v) is 10.1. The Labute approximate surface area is 126 Å². The summed E-state index contributed by atoms with van der Waals surface area (Å²) in [4.78, 5) is 0. The summed E-state index contributed by atoms with van der Waals surface area (Å²) in [6.07, 6.45) is 16.2. The van der Waals surface area contributed by atoms with Crippen molar-refractivity contribution in [3.63, 3.8) is 0 Å². The highest BCUT2D eigenvalue weighted by molar-refractivity contribution is 5.18. The normalized spacial score (nSPS) is 56.6. The Bertz CT molecular complexity index is 422. The topological polar surface area (TPSA) is 0 Å². The van der Waals surface area contributed by atoms with Crippen molar-refractivity contribution in [2.45, 2.75) is 85.5 Å². The van der Waals surface area contributed by atoms with Gasteiger partial charge in [0.2, 0.25) is 0 Å². The molecule has 0 amide bonds. The SMILES string of the molecule is CC1(C)CCC[C@]2(C)[C@@H]1CC[C@@]13C[CH+][C@](C)(CC[C@H]12)C3. The Balaban J connectivity index is 1.73. The van der Waals surface area contributed by atoms with E-state index >= 15 is 0 Å². The van der Waals surface area contributed by atoms with Crippen molar-refractivity contribution in [2.24, 2.45) is 33.5 Å². The zero-order valence-electron chi connectivity index (χ0n) is 14.1. The maximum absolute atomic E-state index is 2.73. The smallest absolute Gasteiger partial charge is 0.0596 e. The van der Waals surface area contributed by atoms with E-state index in [-0.39, 0.29) is 0 Å². The van der Waals surface area contributed by atoms with Gasteiger partial charge in [0, 0.05) is 11.8 Å². The molecule has 0 aromatic carbocycles. The van der Waals surface area contributed by atoms with E-state index in [2.05, 4.69) is 34.1 Å².